The second-order valence-electron chi connectivity index (χ2n) is 7.23. The van der Waals surface area contributed by atoms with Crippen molar-refractivity contribution in [1.82, 2.24) is 20.2 Å². The van der Waals surface area contributed by atoms with E-state index < -0.39 is 0 Å². The zero-order valence-corrected chi connectivity index (χ0v) is 21.0. The number of rotatable bonds is 7. The van der Waals surface area contributed by atoms with E-state index in [1.807, 2.05) is 47.9 Å². The molecule has 6 nitrogen and oxygen atoms in total. The van der Waals surface area contributed by atoms with Crippen LogP contribution in [0.5, 0.6) is 0 Å². The molecule has 0 aliphatic rings. The Morgan fingerprint density at radius 1 is 1.00 bits per heavy atom. The molecule has 34 heavy (non-hydrogen) atoms. The van der Waals surface area contributed by atoms with Crippen molar-refractivity contribution < 1.29 is 4.79 Å². The predicted molar refractivity (Wildman–Crippen MR) is 139 cm³/mol. The highest BCUT2D eigenvalue weighted by molar-refractivity contribution is 7.99. The molecule has 1 heterocycles. The molecular weight excluding hydrogens is 513 g/mol. The third kappa shape index (κ3) is 5.98. The molecule has 0 fully saturated rings. The number of hydrogen-bond acceptors (Lipinski definition) is 5. The highest BCUT2D eigenvalue weighted by atomic mass is 35.5. The number of benzene rings is 3. The van der Waals surface area contributed by atoms with Gasteiger partial charge < -0.3 is 0 Å². The first-order valence-electron chi connectivity index (χ1n) is 10.1. The van der Waals surface area contributed by atoms with E-state index in [2.05, 4.69) is 20.7 Å². The zero-order chi connectivity index (χ0) is 24.1. The molecule has 3 aromatic carbocycles. The van der Waals surface area contributed by atoms with Crippen molar-refractivity contribution in [1.29, 1.82) is 0 Å². The molecule has 0 saturated heterocycles. The van der Waals surface area contributed by atoms with E-state index in [0.29, 0.717) is 31.6 Å². The summed E-state index contributed by atoms with van der Waals surface area (Å²) in [7, 11) is 0. The number of thioether (sulfide) groups is 1. The lowest BCUT2D eigenvalue weighted by Crippen LogP contribution is -2.20. The average molecular weight is 531 g/mol. The largest absolute Gasteiger partial charge is 0.272 e. The highest BCUT2D eigenvalue weighted by Gasteiger charge is 2.17. The molecule has 0 aliphatic heterocycles. The van der Waals surface area contributed by atoms with Crippen LogP contribution in [0.15, 0.2) is 77.0 Å². The summed E-state index contributed by atoms with van der Waals surface area (Å²) < 4.78 is 1.90. The summed E-state index contributed by atoms with van der Waals surface area (Å²) in [4.78, 5) is 12.4. The van der Waals surface area contributed by atoms with Crippen molar-refractivity contribution in [2.45, 2.75) is 12.1 Å². The molecule has 1 aromatic heterocycles. The lowest BCUT2D eigenvalue weighted by molar-refractivity contribution is -0.118. The summed E-state index contributed by atoms with van der Waals surface area (Å²) in [5, 5.41) is 14.8. The zero-order valence-electron chi connectivity index (χ0n) is 17.9. The lowest BCUT2D eigenvalue weighted by atomic mass is 10.1. The Morgan fingerprint density at radius 2 is 1.71 bits per heavy atom. The predicted octanol–water partition coefficient (Wildman–Crippen LogP) is 6.45. The number of hydrogen-bond donors (Lipinski definition) is 1. The Hall–Kier alpha value is -2.84. The van der Waals surface area contributed by atoms with Crippen molar-refractivity contribution in [3.05, 3.63) is 92.9 Å². The first kappa shape index (κ1) is 24.3. The van der Waals surface area contributed by atoms with Gasteiger partial charge in [-0.05, 0) is 43.3 Å². The van der Waals surface area contributed by atoms with E-state index in [0.717, 1.165) is 16.8 Å². The summed E-state index contributed by atoms with van der Waals surface area (Å²) in [6.45, 7) is 2.02. The number of hydrazone groups is 1. The van der Waals surface area contributed by atoms with Crippen LogP contribution in [0.25, 0.3) is 17.1 Å². The molecule has 1 amide bonds. The Kier molecular flexibility index (Phi) is 7.90. The fourth-order valence-electron chi connectivity index (χ4n) is 3.02. The van der Waals surface area contributed by atoms with E-state index in [-0.39, 0.29) is 11.7 Å². The van der Waals surface area contributed by atoms with Crippen LogP contribution in [-0.2, 0) is 4.79 Å². The molecule has 10 heteroatoms. The standard InChI is InChI=1S/C24H18Cl3N5OS/c1-15-2-4-16(5-3-15)23-30-31-24(32(23)20-10-8-18(25)9-11-20)34-14-22(33)29-28-13-17-6-7-19(26)12-21(17)27/h2-13H,14H2,1H3,(H,29,33). The second kappa shape index (κ2) is 11.1. The van der Waals surface area contributed by atoms with Gasteiger partial charge in [-0.15, -0.1) is 10.2 Å². The molecular formula is C24H18Cl3N5OS. The molecule has 0 bridgehead atoms. The number of nitrogens with zero attached hydrogens (tertiary/aromatic N) is 4. The minimum atomic E-state index is -0.297. The Morgan fingerprint density at radius 3 is 2.41 bits per heavy atom. The number of carbonyl (C=O) groups is 1. The normalized spacial score (nSPS) is 11.2. The van der Waals surface area contributed by atoms with Crippen LogP contribution >= 0.6 is 46.6 Å². The highest BCUT2D eigenvalue weighted by Crippen LogP contribution is 2.29. The molecule has 0 spiro atoms. The number of carbonyl (C=O) groups excluding carboxylic acids is 1. The number of nitrogens with one attached hydrogen (secondary N) is 1. The van der Waals surface area contributed by atoms with Gasteiger partial charge in [0.15, 0.2) is 11.0 Å². The Balaban J connectivity index is 1.51. The van der Waals surface area contributed by atoms with Crippen molar-refractivity contribution in [2.75, 3.05) is 5.75 Å². The minimum absolute atomic E-state index is 0.0886. The molecule has 4 aromatic rings. The third-order valence-electron chi connectivity index (χ3n) is 4.72. The molecule has 1 N–H and O–H groups in total. The maximum absolute atomic E-state index is 12.4. The van der Waals surface area contributed by atoms with E-state index in [1.54, 1.807) is 30.3 Å². The first-order chi connectivity index (χ1) is 16.4. The summed E-state index contributed by atoms with van der Waals surface area (Å²) in [5.74, 6) is 0.459. The maximum Gasteiger partial charge on any atom is 0.250 e. The molecule has 0 atom stereocenters. The van der Waals surface area contributed by atoms with Gasteiger partial charge in [-0.3, -0.25) is 9.36 Å². The molecule has 0 saturated carbocycles. The Bertz CT molecular complexity index is 1340. The molecule has 172 valence electrons. The van der Waals surface area contributed by atoms with Gasteiger partial charge in [0.2, 0.25) is 0 Å². The molecule has 4 rings (SSSR count). The average Bonchev–Trinajstić information content (AvgIpc) is 3.24. The quantitative estimate of drug-likeness (QED) is 0.169. The van der Waals surface area contributed by atoms with Crippen molar-refractivity contribution in [2.24, 2.45) is 5.10 Å². The van der Waals surface area contributed by atoms with Gasteiger partial charge in [-0.25, -0.2) is 5.43 Å². The van der Waals surface area contributed by atoms with E-state index in [4.69, 9.17) is 34.8 Å². The van der Waals surface area contributed by atoms with Gasteiger partial charge in [0.05, 0.1) is 17.0 Å². The number of halogens is 3. The van der Waals surface area contributed by atoms with E-state index in [9.17, 15) is 4.79 Å². The fraction of sp³-hybridized carbons (Fsp3) is 0.0833. The van der Waals surface area contributed by atoms with Gasteiger partial charge >= 0.3 is 0 Å². The summed E-state index contributed by atoms with van der Waals surface area (Å²) in [6.07, 6.45) is 1.47. The monoisotopic (exact) mass is 529 g/mol. The van der Waals surface area contributed by atoms with Gasteiger partial charge in [0, 0.05) is 26.9 Å². The Labute approximate surface area is 215 Å². The van der Waals surface area contributed by atoms with Crippen LogP contribution in [0.2, 0.25) is 15.1 Å². The van der Waals surface area contributed by atoms with E-state index in [1.165, 1.54) is 18.0 Å². The van der Waals surface area contributed by atoms with Crippen LogP contribution in [0.4, 0.5) is 0 Å². The first-order valence-corrected chi connectivity index (χ1v) is 12.2. The summed E-state index contributed by atoms with van der Waals surface area (Å²) in [6, 6.07) is 20.4. The van der Waals surface area contributed by atoms with Crippen molar-refractivity contribution in [3.8, 4) is 17.1 Å². The topological polar surface area (TPSA) is 72.2 Å². The van der Waals surface area contributed by atoms with Crippen LogP contribution in [-0.4, -0.2) is 32.6 Å². The number of aryl methyl sites for hydroxylation is 1. The minimum Gasteiger partial charge on any atom is -0.272 e. The molecule has 0 aliphatic carbocycles. The lowest BCUT2D eigenvalue weighted by Gasteiger charge is -2.10. The fourth-order valence-corrected chi connectivity index (χ4v) is 4.35. The van der Waals surface area contributed by atoms with Crippen LogP contribution in [0.3, 0.4) is 0 Å². The SMILES string of the molecule is Cc1ccc(-c2nnc(SCC(=O)NN=Cc3ccc(Cl)cc3Cl)n2-c2ccc(Cl)cc2)cc1. The summed E-state index contributed by atoms with van der Waals surface area (Å²) in [5.41, 5.74) is 6.03. The number of amides is 1. The van der Waals surface area contributed by atoms with Gasteiger partial charge in [-0.2, -0.15) is 5.10 Å². The third-order valence-corrected chi connectivity index (χ3v) is 6.46. The van der Waals surface area contributed by atoms with Crippen LogP contribution < -0.4 is 5.43 Å². The maximum atomic E-state index is 12.4. The molecule has 0 radical (unpaired) electrons. The van der Waals surface area contributed by atoms with Crippen LogP contribution in [0.1, 0.15) is 11.1 Å². The smallest absolute Gasteiger partial charge is 0.250 e. The second-order valence-corrected chi connectivity index (χ2v) is 9.45. The van der Waals surface area contributed by atoms with E-state index >= 15 is 0 Å². The van der Waals surface area contributed by atoms with Crippen LogP contribution in [0, 0.1) is 6.92 Å². The summed E-state index contributed by atoms with van der Waals surface area (Å²) >= 11 is 19.3. The van der Waals surface area contributed by atoms with Crippen molar-refractivity contribution >= 4 is 58.7 Å². The van der Waals surface area contributed by atoms with Gasteiger partial charge in [0.1, 0.15) is 0 Å². The van der Waals surface area contributed by atoms with Gasteiger partial charge in [-0.1, -0.05) is 82.5 Å². The number of aromatic nitrogens is 3. The molecule has 0 unspecified atom stereocenters. The van der Waals surface area contributed by atoms with Crippen molar-refractivity contribution in [3.63, 3.8) is 0 Å². The van der Waals surface area contributed by atoms with Gasteiger partial charge in [0.25, 0.3) is 5.91 Å².